The molecule has 0 aliphatic carbocycles. The predicted molar refractivity (Wildman–Crippen MR) is 69.7 cm³/mol. The van der Waals surface area contributed by atoms with Crippen molar-refractivity contribution in [1.29, 1.82) is 0 Å². The average molecular weight is 277 g/mol. The molecule has 1 aromatic carbocycles. The number of fused-ring (bicyclic) bond motifs is 1. The van der Waals surface area contributed by atoms with Crippen molar-refractivity contribution in [2.45, 2.75) is 13.0 Å². The molecular weight excluding hydrogens is 266 g/mol. The lowest BCUT2D eigenvalue weighted by Gasteiger charge is -2.14. The van der Waals surface area contributed by atoms with E-state index in [0.29, 0.717) is 0 Å². The van der Waals surface area contributed by atoms with E-state index in [1.165, 1.54) is 25.1 Å². The summed E-state index contributed by atoms with van der Waals surface area (Å²) in [6, 6.07) is 2.80. The normalized spacial score (nSPS) is 12.2. The summed E-state index contributed by atoms with van der Waals surface area (Å²) in [6.07, 6.45) is 0. The smallest absolute Gasteiger partial charge is 0.335 e. The second-order valence-corrected chi connectivity index (χ2v) is 4.24. The number of hydrogen-bond donors (Lipinski definition) is 3. The Morgan fingerprint density at radius 3 is 2.55 bits per heavy atom. The molecule has 0 aliphatic heterocycles. The Morgan fingerprint density at radius 1 is 1.35 bits per heavy atom. The molecule has 1 heterocycles. The number of amides is 1. The molecule has 4 N–H and O–H groups in total. The van der Waals surface area contributed by atoms with Crippen molar-refractivity contribution in [3.05, 3.63) is 44.5 Å². The van der Waals surface area contributed by atoms with Gasteiger partial charge in [-0.15, -0.1) is 0 Å². The van der Waals surface area contributed by atoms with Gasteiger partial charge in [-0.25, -0.2) is 4.79 Å². The molecule has 1 unspecified atom stereocenters. The van der Waals surface area contributed by atoms with E-state index in [4.69, 9.17) is 10.8 Å². The number of carbonyl (C=O) groups is 2. The standard InChI is InChI=1S/C12H11N3O5/c1-5(9(13)16)15-8-3-2-6(12(19)20)4-7(8)14-10(17)11(15)18/h2-5H,1H3,(H2,13,16)(H,14,17)(H,19,20). The largest absolute Gasteiger partial charge is 0.478 e. The lowest BCUT2D eigenvalue weighted by atomic mass is 10.1. The van der Waals surface area contributed by atoms with Crippen molar-refractivity contribution in [3.63, 3.8) is 0 Å². The van der Waals surface area contributed by atoms with Gasteiger partial charge in [0.15, 0.2) is 0 Å². The van der Waals surface area contributed by atoms with Crippen LogP contribution in [0.4, 0.5) is 0 Å². The van der Waals surface area contributed by atoms with Crippen LogP contribution in [0.15, 0.2) is 27.8 Å². The van der Waals surface area contributed by atoms with Gasteiger partial charge in [-0.2, -0.15) is 0 Å². The molecule has 8 nitrogen and oxygen atoms in total. The summed E-state index contributed by atoms with van der Waals surface area (Å²) in [5.41, 5.74) is 3.59. The number of primary amides is 1. The monoisotopic (exact) mass is 277 g/mol. The number of carboxylic acids is 1. The third-order valence-corrected chi connectivity index (χ3v) is 2.96. The third-order valence-electron chi connectivity index (χ3n) is 2.96. The fourth-order valence-corrected chi connectivity index (χ4v) is 1.89. The fraction of sp³-hybridized carbons (Fsp3) is 0.167. The summed E-state index contributed by atoms with van der Waals surface area (Å²) in [4.78, 5) is 47.8. The first kappa shape index (κ1) is 13.5. The number of nitrogens with one attached hydrogen (secondary N) is 1. The summed E-state index contributed by atoms with van der Waals surface area (Å²) < 4.78 is 0.947. The zero-order valence-electron chi connectivity index (χ0n) is 10.4. The van der Waals surface area contributed by atoms with Crippen molar-refractivity contribution in [1.82, 2.24) is 9.55 Å². The third kappa shape index (κ3) is 2.07. The first-order valence-corrected chi connectivity index (χ1v) is 5.64. The van der Waals surface area contributed by atoms with Gasteiger partial charge in [0.1, 0.15) is 6.04 Å². The molecule has 104 valence electrons. The van der Waals surface area contributed by atoms with Crippen LogP contribution in [-0.2, 0) is 4.79 Å². The summed E-state index contributed by atoms with van der Waals surface area (Å²) in [6.45, 7) is 1.38. The van der Waals surface area contributed by atoms with Crippen molar-refractivity contribution in [2.24, 2.45) is 5.73 Å². The van der Waals surface area contributed by atoms with E-state index < -0.39 is 29.0 Å². The number of nitrogens with two attached hydrogens (primary N) is 1. The second-order valence-electron chi connectivity index (χ2n) is 4.24. The van der Waals surface area contributed by atoms with Gasteiger partial charge in [-0.05, 0) is 25.1 Å². The molecule has 0 radical (unpaired) electrons. The van der Waals surface area contributed by atoms with Crippen LogP contribution >= 0.6 is 0 Å². The second kappa shape index (κ2) is 4.65. The predicted octanol–water partition coefficient (Wildman–Crippen LogP) is -0.566. The van der Waals surface area contributed by atoms with Gasteiger partial charge in [0.25, 0.3) is 0 Å². The SMILES string of the molecule is CC(C(N)=O)n1c(=O)c(=O)[nH]c2cc(C(=O)O)ccc21. The van der Waals surface area contributed by atoms with Crippen LogP contribution in [0.25, 0.3) is 11.0 Å². The van der Waals surface area contributed by atoms with Crippen LogP contribution in [0.1, 0.15) is 23.3 Å². The van der Waals surface area contributed by atoms with E-state index in [0.717, 1.165) is 4.57 Å². The number of benzene rings is 1. The van der Waals surface area contributed by atoms with Crippen molar-refractivity contribution in [2.75, 3.05) is 0 Å². The number of carbonyl (C=O) groups excluding carboxylic acids is 1. The molecule has 0 spiro atoms. The maximum absolute atomic E-state index is 11.8. The van der Waals surface area contributed by atoms with E-state index in [1.54, 1.807) is 0 Å². The number of H-pyrrole nitrogens is 1. The summed E-state index contributed by atoms with van der Waals surface area (Å²) in [5.74, 6) is -1.95. The van der Waals surface area contributed by atoms with Crippen LogP contribution in [-0.4, -0.2) is 26.5 Å². The quantitative estimate of drug-likeness (QED) is 0.646. The van der Waals surface area contributed by atoms with Gasteiger partial charge in [0, 0.05) is 0 Å². The average Bonchev–Trinajstić information content (AvgIpc) is 2.38. The molecule has 0 aliphatic rings. The Bertz CT molecular complexity index is 833. The lowest BCUT2D eigenvalue weighted by Crippen LogP contribution is -2.41. The Morgan fingerprint density at radius 2 is 2.00 bits per heavy atom. The minimum Gasteiger partial charge on any atom is -0.478 e. The Labute approximate surface area is 111 Å². The van der Waals surface area contributed by atoms with Crippen molar-refractivity contribution in [3.8, 4) is 0 Å². The van der Waals surface area contributed by atoms with Gasteiger partial charge in [-0.3, -0.25) is 19.0 Å². The highest BCUT2D eigenvalue weighted by Gasteiger charge is 2.18. The van der Waals surface area contributed by atoms with E-state index >= 15 is 0 Å². The van der Waals surface area contributed by atoms with Gasteiger partial charge >= 0.3 is 17.1 Å². The molecule has 2 rings (SSSR count). The van der Waals surface area contributed by atoms with Crippen LogP contribution < -0.4 is 16.9 Å². The number of aromatic nitrogens is 2. The van der Waals surface area contributed by atoms with Crippen LogP contribution in [0.5, 0.6) is 0 Å². The minimum absolute atomic E-state index is 0.0509. The number of carboxylic acid groups (broad SMARTS) is 1. The minimum atomic E-state index is -1.17. The molecule has 2 aromatic rings. The summed E-state index contributed by atoms with van der Waals surface area (Å²) in [5, 5.41) is 8.90. The fourth-order valence-electron chi connectivity index (χ4n) is 1.89. The molecule has 1 aromatic heterocycles. The van der Waals surface area contributed by atoms with Crippen molar-refractivity contribution >= 4 is 22.9 Å². The molecule has 8 heteroatoms. The van der Waals surface area contributed by atoms with E-state index in [-0.39, 0.29) is 16.6 Å². The Kier molecular flexibility index (Phi) is 3.15. The zero-order valence-corrected chi connectivity index (χ0v) is 10.4. The molecule has 1 amide bonds. The molecule has 0 fully saturated rings. The zero-order chi connectivity index (χ0) is 15.0. The van der Waals surface area contributed by atoms with Crippen LogP contribution in [0.3, 0.4) is 0 Å². The molecular formula is C12H11N3O5. The highest BCUT2D eigenvalue weighted by atomic mass is 16.4. The first-order valence-electron chi connectivity index (χ1n) is 5.64. The first-order chi connectivity index (χ1) is 9.32. The number of aromatic amines is 1. The van der Waals surface area contributed by atoms with Crippen LogP contribution in [0, 0.1) is 0 Å². The molecule has 0 saturated heterocycles. The number of rotatable bonds is 3. The maximum Gasteiger partial charge on any atom is 0.335 e. The van der Waals surface area contributed by atoms with Gasteiger partial charge < -0.3 is 15.8 Å². The topological polar surface area (TPSA) is 135 Å². The molecule has 0 bridgehead atoms. The van der Waals surface area contributed by atoms with Crippen LogP contribution in [0.2, 0.25) is 0 Å². The summed E-state index contributed by atoms with van der Waals surface area (Å²) in [7, 11) is 0. The van der Waals surface area contributed by atoms with E-state index in [9.17, 15) is 19.2 Å². The number of hydrogen-bond acceptors (Lipinski definition) is 4. The van der Waals surface area contributed by atoms with Gasteiger partial charge in [0.05, 0.1) is 16.6 Å². The van der Waals surface area contributed by atoms with Gasteiger partial charge in [-0.1, -0.05) is 0 Å². The van der Waals surface area contributed by atoms with E-state index in [1.807, 2.05) is 0 Å². The highest BCUT2D eigenvalue weighted by Crippen LogP contribution is 2.15. The Balaban J connectivity index is 2.89. The lowest BCUT2D eigenvalue weighted by molar-refractivity contribution is -0.120. The number of nitrogens with zero attached hydrogens (tertiary/aromatic N) is 1. The maximum atomic E-state index is 11.8. The molecule has 1 atom stereocenters. The highest BCUT2D eigenvalue weighted by molar-refractivity contribution is 5.92. The Hall–Kier alpha value is -2.90. The summed E-state index contributed by atoms with van der Waals surface area (Å²) >= 11 is 0. The van der Waals surface area contributed by atoms with Gasteiger partial charge in [0.2, 0.25) is 5.91 Å². The van der Waals surface area contributed by atoms with Crippen molar-refractivity contribution < 1.29 is 14.7 Å². The van der Waals surface area contributed by atoms with E-state index in [2.05, 4.69) is 4.98 Å². The molecule has 0 saturated carbocycles. The number of aromatic carboxylic acids is 1. The molecule has 20 heavy (non-hydrogen) atoms.